The standard InChI is InChI=1S/C20H17BrFNO3/c21-15-6-5-12(18(22)10-15)8-16(24)9-13(20(25)26)7-14-11-23-19-4-2-1-3-17(14)19/h1-6,10-11,13,23H,7-9H2,(H,25,26). The Balaban J connectivity index is 1.72. The molecule has 0 amide bonds. The van der Waals surface area contributed by atoms with Gasteiger partial charge in [0.1, 0.15) is 11.6 Å². The fourth-order valence-corrected chi connectivity index (χ4v) is 3.37. The van der Waals surface area contributed by atoms with Crippen molar-refractivity contribution in [3.63, 3.8) is 0 Å². The van der Waals surface area contributed by atoms with Crippen molar-refractivity contribution in [1.82, 2.24) is 4.98 Å². The van der Waals surface area contributed by atoms with E-state index in [9.17, 15) is 19.1 Å². The first-order valence-corrected chi connectivity index (χ1v) is 8.96. The molecule has 1 unspecified atom stereocenters. The highest BCUT2D eigenvalue weighted by Crippen LogP contribution is 2.23. The van der Waals surface area contributed by atoms with Crippen LogP contribution in [-0.4, -0.2) is 21.8 Å². The molecule has 0 bridgehead atoms. The number of hydrogen-bond acceptors (Lipinski definition) is 2. The molecule has 134 valence electrons. The average Bonchev–Trinajstić information content (AvgIpc) is 3.00. The normalized spacial score (nSPS) is 12.2. The van der Waals surface area contributed by atoms with Crippen LogP contribution >= 0.6 is 15.9 Å². The lowest BCUT2D eigenvalue weighted by Crippen LogP contribution is -2.21. The summed E-state index contributed by atoms with van der Waals surface area (Å²) in [5.41, 5.74) is 2.06. The number of aromatic amines is 1. The molecule has 0 saturated carbocycles. The number of rotatable bonds is 7. The molecule has 0 fully saturated rings. The van der Waals surface area contributed by atoms with Crippen molar-refractivity contribution in [1.29, 1.82) is 0 Å². The minimum absolute atomic E-state index is 0.114. The second-order valence-electron chi connectivity index (χ2n) is 6.25. The minimum atomic E-state index is -1.03. The predicted molar refractivity (Wildman–Crippen MR) is 101 cm³/mol. The second kappa shape index (κ2) is 7.83. The number of aromatic nitrogens is 1. The van der Waals surface area contributed by atoms with Crippen LogP contribution in [0.1, 0.15) is 17.5 Å². The number of nitrogens with one attached hydrogen (secondary N) is 1. The zero-order valence-corrected chi connectivity index (χ0v) is 15.4. The quantitative estimate of drug-likeness (QED) is 0.593. The number of carboxylic acids is 1. The van der Waals surface area contributed by atoms with Crippen molar-refractivity contribution in [3.8, 4) is 0 Å². The molecule has 26 heavy (non-hydrogen) atoms. The van der Waals surface area contributed by atoms with Crippen LogP contribution < -0.4 is 0 Å². The Morgan fingerprint density at radius 3 is 2.65 bits per heavy atom. The molecular formula is C20H17BrFNO3. The Hall–Kier alpha value is -2.47. The number of carbonyl (C=O) groups excluding carboxylic acids is 1. The molecule has 0 saturated heterocycles. The molecule has 4 nitrogen and oxygen atoms in total. The number of halogens is 2. The number of aliphatic carboxylic acids is 1. The fourth-order valence-electron chi connectivity index (χ4n) is 3.04. The highest BCUT2D eigenvalue weighted by atomic mass is 79.9. The lowest BCUT2D eigenvalue weighted by Gasteiger charge is -2.11. The summed E-state index contributed by atoms with van der Waals surface area (Å²) in [6.07, 6.45) is 1.77. The van der Waals surface area contributed by atoms with E-state index in [4.69, 9.17) is 0 Å². The smallest absolute Gasteiger partial charge is 0.307 e. The number of Topliss-reactive ketones (excluding diaryl/α,β-unsaturated/α-hetero) is 1. The maximum atomic E-state index is 13.9. The van der Waals surface area contributed by atoms with Gasteiger partial charge in [-0.25, -0.2) is 4.39 Å². The molecule has 1 heterocycles. The van der Waals surface area contributed by atoms with Gasteiger partial charge in [-0.2, -0.15) is 0 Å². The maximum absolute atomic E-state index is 13.9. The minimum Gasteiger partial charge on any atom is -0.481 e. The van der Waals surface area contributed by atoms with E-state index in [2.05, 4.69) is 20.9 Å². The van der Waals surface area contributed by atoms with Crippen LogP contribution in [0.5, 0.6) is 0 Å². The summed E-state index contributed by atoms with van der Waals surface area (Å²) in [6.45, 7) is 0. The molecular weight excluding hydrogens is 401 g/mol. The number of benzene rings is 2. The van der Waals surface area contributed by atoms with Crippen molar-refractivity contribution < 1.29 is 19.1 Å². The van der Waals surface area contributed by atoms with Crippen molar-refractivity contribution in [2.45, 2.75) is 19.3 Å². The average molecular weight is 418 g/mol. The van der Waals surface area contributed by atoms with E-state index in [0.717, 1.165) is 16.5 Å². The van der Waals surface area contributed by atoms with Crippen LogP contribution in [0.25, 0.3) is 10.9 Å². The van der Waals surface area contributed by atoms with Gasteiger partial charge in [-0.1, -0.05) is 40.2 Å². The van der Waals surface area contributed by atoms with Gasteiger partial charge in [0.25, 0.3) is 0 Å². The molecule has 2 aromatic carbocycles. The molecule has 0 radical (unpaired) electrons. The SMILES string of the molecule is O=C(Cc1ccc(Br)cc1F)CC(Cc1c[nH]c2ccccc12)C(=O)O. The summed E-state index contributed by atoms with van der Waals surface area (Å²) in [7, 11) is 0. The first kappa shape index (κ1) is 18.3. The number of ketones is 1. The summed E-state index contributed by atoms with van der Waals surface area (Å²) in [5.74, 6) is -2.64. The van der Waals surface area contributed by atoms with E-state index in [1.807, 2.05) is 24.3 Å². The second-order valence-corrected chi connectivity index (χ2v) is 7.17. The maximum Gasteiger partial charge on any atom is 0.307 e. The summed E-state index contributed by atoms with van der Waals surface area (Å²) in [6, 6.07) is 12.1. The van der Waals surface area contributed by atoms with E-state index < -0.39 is 17.7 Å². The molecule has 0 aliphatic heterocycles. The highest BCUT2D eigenvalue weighted by molar-refractivity contribution is 9.10. The van der Waals surface area contributed by atoms with Crippen molar-refractivity contribution in [2.24, 2.45) is 5.92 Å². The molecule has 1 aromatic heterocycles. The van der Waals surface area contributed by atoms with Crippen LogP contribution in [0, 0.1) is 11.7 Å². The monoisotopic (exact) mass is 417 g/mol. The predicted octanol–water partition coefficient (Wildman–Crippen LogP) is 4.51. The number of carboxylic acid groups (broad SMARTS) is 1. The first-order valence-electron chi connectivity index (χ1n) is 8.17. The molecule has 6 heteroatoms. The molecule has 0 aliphatic carbocycles. The number of para-hydroxylation sites is 1. The molecule has 0 aliphatic rings. The van der Waals surface area contributed by atoms with E-state index in [1.165, 1.54) is 12.1 Å². The van der Waals surface area contributed by atoms with Gasteiger partial charge in [0.15, 0.2) is 0 Å². The Kier molecular flexibility index (Phi) is 5.52. The molecule has 2 N–H and O–H groups in total. The number of fused-ring (bicyclic) bond motifs is 1. The van der Waals surface area contributed by atoms with Crippen LogP contribution in [0.3, 0.4) is 0 Å². The summed E-state index contributed by atoms with van der Waals surface area (Å²) >= 11 is 3.17. The number of hydrogen-bond donors (Lipinski definition) is 2. The first-order chi connectivity index (χ1) is 12.4. The van der Waals surface area contributed by atoms with Crippen LogP contribution in [0.4, 0.5) is 4.39 Å². The molecule has 0 spiro atoms. The summed E-state index contributed by atoms with van der Waals surface area (Å²) in [5, 5.41) is 10.5. The molecule has 1 atom stereocenters. The topological polar surface area (TPSA) is 70.2 Å². The van der Waals surface area contributed by atoms with E-state index in [1.54, 1.807) is 12.3 Å². The van der Waals surface area contributed by atoms with Gasteiger partial charge in [0, 0.05) is 34.4 Å². The van der Waals surface area contributed by atoms with Gasteiger partial charge >= 0.3 is 5.97 Å². The van der Waals surface area contributed by atoms with Gasteiger partial charge in [0.05, 0.1) is 5.92 Å². The number of H-pyrrole nitrogens is 1. The third-order valence-corrected chi connectivity index (χ3v) is 4.86. The van der Waals surface area contributed by atoms with Crippen LogP contribution in [0.15, 0.2) is 53.1 Å². The third-order valence-electron chi connectivity index (χ3n) is 4.37. The summed E-state index contributed by atoms with van der Waals surface area (Å²) in [4.78, 5) is 27.0. The summed E-state index contributed by atoms with van der Waals surface area (Å²) < 4.78 is 14.5. The fraction of sp³-hybridized carbons (Fsp3) is 0.200. The van der Waals surface area contributed by atoms with Crippen molar-refractivity contribution in [2.75, 3.05) is 0 Å². The lowest BCUT2D eigenvalue weighted by atomic mass is 9.92. The Morgan fingerprint density at radius 1 is 1.15 bits per heavy atom. The number of carbonyl (C=O) groups is 2. The molecule has 3 rings (SSSR count). The highest BCUT2D eigenvalue weighted by Gasteiger charge is 2.23. The van der Waals surface area contributed by atoms with E-state index >= 15 is 0 Å². The molecule has 3 aromatic rings. The largest absolute Gasteiger partial charge is 0.481 e. The Morgan fingerprint density at radius 2 is 1.92 bits per heavy atom. The Labute approximate surface area is 158 Å². The van der Waals surface area contributed by atoms with Crippen molar-refractivity contribution >= 4 is 38.6 Å². The van der Waals surface area contributed by atoms with Gasteiger partial charge in [-0.15, -0.1) is 0 Å². The zero-order valence-electron chi connectivity index (χ0n) is 13.8. The zero-order chi connectivity index (χ0) is 18.7. The third kappa shape index (κ3) is 4.19. The van der Waals surface area contributed by atoms with Gasteiger partial charge in [-0.05, 0) is 35.7 Å². The van der Waals surface area contributed by atoms with Crippen LogP contribution in [0.2, 0.25) is 0 Å². The van der Waals surface area contributed by atoms with Crippen LogP contribution in [-0.2, 0) is 22.4 Å². The Bertz CT molecular complexity index is 967. The van der Waals surface area contributed by atoms with E-state index in [-0.39, 0.29) is 30.6 Å². The van der Waals surface area contributed by atoms with Gasteiger partial charge < -0.3 is 10.1 Å². The van der Waals surface area contributed by atoms with Gasteiger partial charge in [0.2, 0.25) is 0 Å². The lowest BCUT2D eigenvalue weighted by molar-refractivity contribution is -0.143. The van der Waals surface area contributed by atoms with Gasteiger partial charge in [-0.3, -0.25) is 9.59 Å². The van der Waals surface area contributed by atoms with E-state index in [0.29, 0.717) is 4.47 Å². The van der Waals surface area contributed by atoms with Crippen molar-refractivity contribution in [3.05, 3.63) is 70.1 Å².